The Morgan fingerprint density at radius 2 is 1.71 bits per heavy atom. The smallest absolute Gasteiger partial charge is 0.318 e. The Morgan fingerprint density at radius 3 is 2.45 bits per heavy atom. The van der Waals surface area contributed by atoms with Crippen LogP contribution in [0.5, 0.6) is 6.01 Å². The van der Waals surface area contributed by atoms with Crippen LogP contribution in [0.4, 0.5) is 43.4 Å². The number of nitrogens with one attached hydrogen (secondary N) is 3. The molecule has 25 heteroatoms. The molecule has 6 aromatic rings. The fourth-order valence-corrected chi connectivity index (χ4v) is 12.7. The molecule has 456 valence electrons. The number of benzene rings is 4. The minimum atomic E-state index is -3.88. The van der Waals surface area contributed by atoms with Crippen LogP contribution in [0.3, 0.4) is 0 Å². The molecule has 2 fully saturated rings. The van der Waals surface area contributed by atoms with Crippen LogP contribution in [-0.2, 0) is 37.3 Å². The number of rotatable bonds is 26. The zero-order chi connectivity index (χ0) is 61.3. The molecule has 86 heavy (non-hydrogen) atoms. The molecule has 9 rings (SSSR count). The molecule has 0 bridgehead atoms. The molecule has 2 saturated heterocycles. The van der Waals surface area contributed by atoms with Gasteiger partial charge in [-0.2, -0.15) is 20.2 Å². The number of ether oxygens (including phenoxy) is 3. The molecule has 20 nitrogen and oxygen atoms in total. The van der Waals surface area contributed by atoms with Gasteiger partial charge >= 0.3 is 6.01 Å². The molecule has 2 amide bonds. The van der Waals surface area contributed by atoms with Crippen LogP contribution in [0.1, 0.15) is 87.8 Å². The largest absolute Gasteiger partial charge is 0.462 e. The van der Waals surface area contributed by atoms with Crippen molar-refractivity contribution in [1.82, 2.24) is 34.5 Å². The summed E-state index contributed by atoms with van der Waals surface area (Å²) >= 11 is 10.2. The zero-order valence-electron chi connectivity index (χ0n) is 48.6. The Balaban J connectivity index is 0.757. The number of sulfonamides is 1. The van der Waals surface area contributed by atoms with Crippen molar-refractivity contribution in [2.75, 3.05) is 86.1 Å². The number of halogens is 4. The molecule has 0 spiro atoms. The first-order chi connectivity index (χ1) is 41.1. The summed E-state index contributed by atoms with van der Waals surface area (Å²) in [5.41, 5.74) is 7.35. The Bertz CT molecular complexity index is 3620. The van der Waals surface area contributed by atoms with Gasteiger partial charge in [0.1, 0.15) is 24.1 Å². The molecule has 1 unspecified atom stereocenters. The first-order valence-corrected chi connectivity index (χ1v) is 31.3. The van der Waals surface area contributed by atoms with Crippen molar-refractivity contribution in [3.8, 4) is 12.1 Å². The van der Waals surface area contributed by atoms with Crippen molar-refractivity contribution >= 4 is 94.8 Å². The summed E-state index contributed by atoms with van der Waals surface area (Å²) in [6.07, 6.45) is 5.68. The second-order valence-electron chi connectivity index (χ2n) is 22.4. The van der Waals surface area contributed by atoms with Gasteiger partial charge in [0.05, 0.1) is 80.8 Å². The number of aromatic nitrogens is 4. The number of nitriles is 1. The van der Waals surface area contributed by atoms with Gasteiger partial charge in [-0.15, -0.1) is 0 Å². The average Bonchev–Trinajstić information content (AvgIpc) is 1.01. The Kier molecular flexibility index (Phi) is 20.4. The Labute approximate surface area is 513 Å². The Hall–Kier alpha value is -7.11. The summed E-state index contributed by atoms with van der Waals surface area (Å²) in [7, 11) is -3.88. The van der Waals surface area contributed by atoms with Crippen molar-refractivity contribution in [3.63, 3.8) is 0 Å². The fourth-order valence-electron chi connectivity index (χ4n) is 11.1. The first kappa shape index (κ1) is 63.4. The highest BCUT2D eigenvalue weighted by Crippen LogP contribution is 2.38. The number of amides is 2. The van der Waals surface area contributed by atoms with Gasteiger partial charge in [0.25, 0.3) is 11.8 Å². The second-order valence-corrected chi connectivity index (χ2v) is 25.4. The van der Waals surface area contributed by atoms with Gasteiger partial charge in [0.2, 0.25) is 16.0 Å². The molecule has 3 atom stereocenters. The van der Waals surface area contributed by atoms with Crippen LogP contribution < -0.4 is 35.6 Å². The highest BCUT2D eigenvalue weighted by atomic mass is 79.9. The maximum Gasteiger partial charge on any atom is 0.318 e. The quantitative estimate of drug-likeness (QED) is 0.0369. The number of fused-ring (bicyclic) bond motifs is 2. The number of carbonyl (C=O) groups excluding carboxylic acids is 2. The SMILES string of the molecule is C=C(F)C(=O)N1CCN(c2nc(OC[C@@H]3CCCN3CCOC(C)(C)CCOC(C)(CC)CCNS(=O)(=O)c3ccc(Nc4ncc(Br)c(Nc5cccc(F)c5C(N)=O)n4)cc3)nc3c2CCN(c2cccc4cccc(Cl)c24)C3)C[C@@H]1CC#N. The van der Waals surface area contributed by atoms with E-state index in [4.69, 9.17) is 41.5 Å². The van der Waals surface area contributed by atoms with E-state index in [9.17, 15) is 32.0 Å². The van der Waals surface area contributed by atoms with E-state index in [1.54, 1.807) is 12.1 Å². The number of hydrogen-bond acceptors (Lipinski definition) is 17. The lowest BCUT2D eigenvalue weighted by Gasteiger charge is -2.42. The van der Waals surface area contributed by atoms with Gasteiger partial charge in [0.15, 0.2) is 5.83 Å². The standard InChI is InChI=1S/C61H71BrClF2N13O7S/c1-6-61(5,24-27-69-86(81,82)44-20-18-41(19-21-44)70-58-68-35-46(62)55(73-58)71-49-16-9-15-48(65)53(49)54(67)79)85-33-25-60(3,4)84-34-32-75-28-10-13-43(75)38-83-59-72-50-37-76(51-17-8-12-40-11-7-14-47(63)52(40)51)29-23-45(50)56(74-59)77-30-31-78(57(80)39(2)64)42(36-77)22-26-66/h7-9,11-12,14-21,35,42-43,69H,2,6,10,13,22-25,27-34,36-38H2,1,3-5H3,(H2,67,79)(H2,68,70,71,73)/t42-,43-,61?/m0/s1. The van der Waals surface area contributed by atoms with Crippen LogP contribution in [-0.4, -0.2) is 139 Å². The molecule has 5 N–H and O–H groups in total. The molecule has 0 saturated carbocycles. The van der Waals surface area contributed by atoms with E-state index < -0.39 is 50.7 Å². The van der Waals surface area contributed by atoms with Crippen molar-refractivity contribution in [1.29, 1.82) is 5.26 Å². The lowest BCUT2D eigenvalue weighted by molar-refractivity contribution is -0.131. The van der Waals surface area contributed by atoms with E-state index >= 15 is 0 Å². The third-order valence-corrected chi connectivity index (χ3v) is 18.5. The van der Waals surface area contributed by atoms with Gasteiger partial charge in [-0.1, -0.05) is 55.4 Å². The van der Waals surface area contributed by atoms with Crippen LogP contribution in [0.2, 0.25) is 5.02 Å². The maximum absolute atomic E-state index is 14.4. The number of hydrogen-bond donors (Lipinski definition) is 4. The molecular formula is C61H71BrClF2N13O7S. The van der Waals surface area contributed by atoms with Gasteiger partial charge in [0, 0.05) is 73.8 Å². The van der Waals surface area contributed by atoms with Crippen LogP contribution in [0.15, 0.2) is 107 Å². The third kappa shape index (κ3) is 15.3. The molecule has 0 radical (unpaired) electrons. The van der Waals surface area contributed by atoms with E-state index in [2.05, 4.69) is 74.7 Å². The van der Waals surface area contributed by atoms with Crippen molar-refractivity contribution in [3.05, 3.63) is 130 Å². The summed E-state index contributed by atoms with van der Waals surface area (Å²) in [6, 6.07) is 24.1. The fraction of sp³-hybridized carbons (Fsp3) is 0.426. The minimum Gasteiger partial charge on any atom is -0.462 e. The van der Waals surface area contributed by atoms with Gasteiger partial charge in [-0.25, -0.2) is 26.9 Å². The highest BCUT2D eigenvalue weighted by molar-refractivity contribution is 9.10. The van der Waals surface area contributed by atoms with Crippen LogP contribution in [0.25, 0.3) is 10.8 Å². The molecule has 5 heterocycles. The van der Waals surface area contributed by atoms with Crippen LogP contribution in [0, 0.1) is 17.1 Å². The highest BCUT2D eigenvalue weighted by Gasteiger charge is 2.36. The summed E-state index contributed by atoms with van der Waals surface area (Å²) < 4.78 is 78.0. The number of nitrogens with zero attached hydrogens (tertiary/aromatic N) is 9. The van der Waals surface area contributed by atoms with Crippen molar-refractivity contribution in [2.45, 2.75) is 107 Å². The third-order valence-electron chi connectivity index (χ3n) is 16.1. The van der Waals surface area contributed by atoms with E-state index in [1.807, 2.05) is 58.0 Å². The lowest BCUT2D eigenvalue weighted by atomic mass is 9.98. The van der Waals surface area contributed by atoms with Gasteiger partial charge in [-0.05, 0) is 136 Å². The molecule has 3 aliphatic rings. The van der Waals surface area contributed by atoms with Gasteiger partial charge in [-0.3, -0.25) is 14.5 Å². The maximum atomic E-state index is 14.4. The van der Waals surface area contributed by atoms with Crippen molar-refractivity contribution < 1.29 is 41.0 Å². The number of piperazine rings is 1. The topological polar surface area (TPSA) is 246 Å². The number of anilines is 6. The van der Waals surface area contributed by atoms with E-state index in [-0.39, 0.29) is 66.0 Å². The number of primary amides is 1. The molecule has 2 aromatic heterocycles. The van der Waals surface area contributed by atoms with Crippen LogP contribution >= 0.6 is 27.5 Å². The number of nitrogens with two attached hydrogens (primary N) is 1. The number of likely N-dealkylation sites (tertiary alicyclic amines) is 1. The predicted octanol–water partition coefficient (Wildman–Crippen LogP) is 10.1. The molecular weight excluding hydrogens is 1210 g/mol. The Morgan fingerprint density at radius 1 is 0.942 bits per heavy atom. The summed E-state index contributed by atoms with van der Waals surface area (Å²) in [5, 5.41) is 18.4. The molecule has 0 aliphatic carbocycles. The summed E-state index contributed by atoms with van der Waals surface area (Å²) in [4.78, 5) is 51.7. The monoisotopic (exact) mass is 1280 g/mol. The first-order valence-electron chi connectivity index (χ1n) is 28.6. The molecule has 3 aliphatic heterocycles. The minimum absolute atomic E-state index is 0.0173. The molecule has 4 aromatic carbocycles. The van der Waals surface area contributed by atoms with E-state index in [0.717, 1.165) is 53.2 Å². The second kappa shape index (κ2) is 27.7. The normalized spacial score (nSPS) is 17.2. The zero-order valence-corrected chi connectivity index (χ0v) is 51.7. The number of carbonyl (C=O) groups is 2. The van der Waals surface area contributed by atoms with E-state index in [0.29, 0.717) is 92.7 Å². The van der Waals surface area contributed by atoms with E-state index in [1.165, 1.54) is 35.4 Å². The van der Waals surface area contributed by atoms with Crippen molar-refractivity contribution in [2.24, 2.45) is 5.73 Å². The predicted molar refractivity (Wildman–Crippen MR) is 331 cm³/mol. The average molecular weight is 1280 g/mol. The summed E-state index contributed by atoms with van der Waals surface area (Å²) in [5.74, 6) is -2.54. The lowest BCUT2D eigenvalue weighted by Crippen LogP contribution is -2.55. The van der Waals surface area contributed by atoms with Gasteiger partial charge < -0.3 is 45.3 Å². The summed E-state index contributed by atoms with van der Waals surface area (Å²) in [6.45, 7) is 16.2.